The van der Waals surface area contributed by atoms with Gasteiger partial charge in [0.25, 0.3) is 21.8 Å². The summed E-state index contributed by atoms with van der Waals surface area (Å²) in [5.74, 6) is -0.908. The molecule has 1 atom stereocenters. The second-order valence-corrected chi connectivity index (χ2v) is 10.5. The zero-order valence-electron chi connectivity index (χ0n) is 17.7. The number of carbonyl (C=O) groups excluding carboxylic acids is 2. The molecule has 1 aliphatic rings. The van der Waals surface area contributed by atoms with Crippen LogP contribution in [0.4, 0.5) is 5.69 Å². The number of amides is 2. The molecule has 0 bridgehead atoms. The molecule has 2 aromatic carbocycles. The summed E-state index contributed by atoms with van der Waals surface area (Å²) in [4.78, 5) is 27.6. The van der Waals surface area contributed by atoms with Crippen LogP contribution < -0.4 is 15.6 Å². The van der Waals surface area contributed by atoms with Crippen LogP contribution in [0.25, 0.3) is 0 Å². The van der Waals surface area contributed by atoms with Gasteiger partial charge in [-0.2, -0.15) is 0 Å². The number of anilines is 1. The fourth-order valence-electron chi connectivity index (χ4n) is 3.78. The van der Waals surface area contributed by atoms with Gasteiger partial charge in [-0.15, -0.1) is 11.3 Å². The predicted molar refractivity (Wildman–Crippen MR) is 127 cm³/mol. The quantitative estimate of drug-likeness (QED) is 0.447. The van der Waals surface area contributed by atoms with E-state index in [1.54, 1.807) is 23.6 Å². The van der Waals surface area contributed by atoms with Crippen LogP contribution in [0.5, 0.6) is 0 Å². The number of thiophene rings is 1. The van der Waals surface area contributed by atoms with E-state index in [1.165, 1.54) is 18.2 Å². The van der Waals surface area contributed by atoms with E-state index in [1.807, 2.05) is 30.3 Å². The van der Waals surface area contributed by atoms with Crippen LogP contribution in [0.2, 0.25) is 0 Å². The van der Waals surface area contributed by atoms with Crippen molar-refractivity contribution < 1.29 is 18.0 Å². The molecule has 33 heavy (non-hydrogen) atoms. The Labute approximate surface area is 196 Å². The van der Waals surface area contributed by atoms with Crippen molar-refractivity contribution in [3.8, 4) is 0 Å². The van der Waals surface area contributed by atoms with E-state index < -0.39 is 15.9 Å². The minimum Gasteiger partial charge on any atom is -0.288 e. The summed E-state index contributed by atoms with van der Waals surface area (Å²) in [6, 6.07) is 18.9. The number of likely N-dealkylation sites (tertiary alicyclic amines) is 1. The third kappa shape index (κ3) is 5.59. The molecular weight excluding hydrogens is 460 g/mol. The predicted octanol–water partition coefficient (Wildman–Crippen LogP) is 2.97. The second-order valence-electron chi connectivity index (χ2n) is 7.64. The Kier molecular flexibility index (Phi) is 7.07. The van der Waals surface area contributed by atoms with Gasteiger partial charge >= 0.3 is 0 Å². The normalized spacial score (nSPS) is 16.3. The van der Waals surface area contributed by atoms with Gasteiger partial charge in [-0.1, -0.05) is 48.5 Å². The standard InChI is InChI=1S/C23H24N4O4S2/c28-22(18-10-4-5-11-19(18)26-33(30,31)21-13-7-15-32-21)24-25-23(29)20-12-6-14-27(20)16-17-8-2-1-3-9-17/h1-5,7-11,13,15,20,26H,6,12,14,16H2,(H,24,28)(H,25,29). The van der Waals surface area contributed by atoms with Crippen LogP contribution in [-0.2, 0) is 21.4 Å². The number of nitrogens with zero attached hydrogens (tertiary/aromatic N) is 1. The Hall–Kier alpha value is -3.21. The summed E-state index contributed by atoms with van der Waals surface area (Å²) in [5, 5.41) is 1.66. The highest BCUT2D eigenvalue weighted by Crippen LogP contribution is 2.23. The highest BCUT2D eigenvalue weighted by Gasteiger charge is 2.31. The van der Waals surface area contributed by atoms with Gasteiger partial charge in [-0.25, -0.2) is 8.42 Å². The number of hydrogen-bond donors (Lipinski definition) is 3. The van der Waals surface area contributed by atoms with Crippen molar-refractivity contribution in [1.82, 2.24) is 15.8 Å². The topological polar surface area (TPSA) is 108 Å². The smallest absolute Gasteiger partial charge is 0.271 e. The summed E-state index contributed by atoms with van der Waals surface area (Å²) in [7, 11) is -3.81. The number of sulfonamides is 1. The van der Waals surface area contributed by atoms with Gasteiger partial charge in [0.1, 0.15) is 4.21 Å². The Morgan fingerprint density at radius 2 is 1.73 bits per heavy atom. The molecule has 1 aliphatic heterocycles. The summed E-state index contributed by atoms with van der Waals surface area (Å²) >= 11 is 1.08. The van der Waals surface area contributed by atoms with Crippen molar-refractivity contribution in [2.45, 2.75) is 29.6 Å². The van der Waals surface area contributed by atoms with E-state index in [9.17, 15) is 18.0 Å². The van der Waals surface area contributed by atoms with Crippen molar-refractivity contribution in [2.24, 2.45) is 0 Å². The summed E-state index contributed by atoms with van der Waals surface area (Å²) < 4.78 is 27.7. The number of rotatable bonds is 7. The first-order chi connectivity index (χ1) is 15.9. The molecule has 4 rings (SSSR count). The number of hydrogen-bond acceptors (Lipinski definition) is 6. The Bertz CT molecular complexity index is 1210. The largest absolute Gasteiger partial charge is 0.288 e. The fraction of sp³-hybridized carbons (Fsp3) is 0.217. The molecule has 1 fully saturated rings. The van der Waals surface area contributed by atoms with Gasteiger partial charge in [0.05, 0.1) is 17.3 Å². The molecule has 2 amide bonds. The lowest BCUT2D eigenvalue weighted by Gasteiger charge is -2.23. The van der Waals surface area contributed by atoms with Crippen molar-refractivity contribution >= 4 is 38.9 Å². The van der Waals surface area contributed by atoms with Crippen molar-refractivity contribution in [1.29, 1.82) is 0 Å². The first-order valence-corrected chi connectivity index (χ1v) is 12.8. The van der Waals surface area contributed by atoms with Crippen LogP contribution in [0.15, 0.2) is 76.3 Å². The van der Waals surface area contributed by atoms with E-state index in [-0.39, 0.29) is 27.4 Å². The van der Waals surface area contributed by atoms with Gasteiger partial charge in [0.15, 0.2) is 0 Å². The van der Waals surface area contributed by atoms with Crippen LogP contribution >= 0.6 is 11.3 Å². The fourth-order valence-corrected chi connectivity index (χ4v) is 5.85. The number of hydrazine groups is 1. The first kappa shape index (κ1) is 23.0. The van der Waals surface area contributed by atoms with Gasteiger partial charge in [0.2, 0.25) is 0 Å². The molecule has 0 spiro atoms. The van der Waals surface area contributed by atoms with Crippen molar-refractivity contribution in [2.75, 3.05) is 11.3 Å². The number of para-hydroxylation sites is 1. The van der Waals surface area contributed by atoms with Crippen molar-refractivity contribution in [3.63, 3.8) is 0 Å². The minimum absolute atomic E-state index is 0.102. The van der Waals surface area contributed by atoms with Crippen molar-refractivity contribution in [3.05, 3.63) is 83.2 Å². The highest BCUT2D eigenvalue weighted by atomic mass is 32.2. The number of nitrogens with one attached hydrogen (secondary N) is 3. The molecule has 3 aromatic rings. The summed E-state index contributed by atoms with van der Waals surface area (Å²) in [5.41, 5.74) is 6.27. The molecule has 8 nitrogen and oxygen atoms in total. The average Bonchev–Trinajstić information content (AvgIpc) is 3.51. The second kappa shape index (κ2) is 10.2. The lowest BCUT2D eigenvalue weighted by molar-refractivity contribution is -0.126. The van der Waals surface area contributed by atoms with E-state index >= 15 is 0 Å². The monoisotopic (exact) mass is 484 g/mol. The molecule has 0 saturated carbocycles. The summed E-state index contributed by atoms with van der Waals surface area (Å²) in [6.45, 7) is 1.45. The lowest BCUT2D eigenvalue weighted by atomic mass is 10.1. The van der Waals surface area contributed by atoms with E-state index in [4.69, 9.17) is 0 Å². The molecule has 3 N–H and O–H groups in total. The van der Waals surface area contributed by atoms with Gasteiger partial charge in [-0.3, -0.25) is 30.1 Å². The molecule has 0 aliphatic carbocycles. The Balaban J connectivity index is 1.39. The molecule has 2 heterocycles. The third-order valence-corrected chi connectivity index (χ3v) is 8.13. The third-order valence-electron chi connectivity index (χ3n) is 5.37. The number of benzene rings is 2. The molecule has 10 heteroatoms. The van der Waals surface area contributed by atoms with E-state index in [2.05, 4.69) is 20.5 Å². The van der Waals surface area contributed by atoms with Crippen LogP contribution in [0.1, 0.15) is 28.8 Å². The zero-order chi connectivity index (χ0) is 23.3. The SMILES string of the molecule is O=C(NNC(=O)C1CCCN1Cc1ccccc1)c1ccccc1NS(=O)(=O)c1cccs1. The lowest BCUT2D eigenvalue weighted by Crippen LogP contribution is -2.50. The van der Waals surface area contributed by atoms with Gasteiger partial charge in [0, 0.05) is 6.54 Å². The van der Waals surface area contributed by atoms with E-state index in [0.29, 0.717) is 13.0 Å². The Morgan fingerprint density at radius 3 is 2.48 bits per heavy atom. The first-order valence-electron chi connectivity index (χ1n) is 10.5. The minimum atomic E-state index is -3.81. The molecule has 172 valence electrons. The molecule has 0 radical (unpaired) electrons. The Morgan fingerprint density at radius 1 is 0.970 bits per heavy atom. The van der Waals surface area contributed by atoms with E-state index in [0.717, 1.165) is 29.9 Å². The maximum absolute atomic E-state index is 12.8. The number of carbonyl (C=O) groups is 2. The zero-order valence-corrected chi connectivity index (χ0v) is 19.4. The summed E-state index contributed by atoms with van der Waals surface area (Å²) in [6.07, 6.45) is 1.60. The van der Waals surface area contributed by atoms with Crippen LogP contribution in [0.3, 0.4) is 0 Å². The van der Waals surface area contributed by atoms with Gasteiger partial charge < -0.3 is 0 Å². The molecule has 1 saturated heterocycles. The molecule has 1 aromatic heterocycles. The average molecular weight is 485 g/mol. The molecule has 1 unspecified atom stereocenters. The maximum Gasteiger partial charge on any atom is 0.271 e. The highest BCUT2D eigenvalue weighted by molar-refractivity contribution is 7.94. The maximum atomic E-state index is 12.8. The molecular formula is C23H24N4O4S2. The van der Waals surface area contributed by atoms with Gasteiger partial charge in [-0.05, 0) is 48.5 Å². The van der Waals surface area contributed by atoms with Crippen LogP contribution in [0, 0.1) is 0 Å². The van der Waals surface area contributed by atoms with Crippen LogP contribution in [-0.4, -0.2) is 37.7 Å².